The van der Waals surface area contributed by atoms with Crippen molar-refractivity contribution in [2.24, 2.45) is 5.92 Å². The minimum absolute atomic E-state index is 0.523. The average Bonchev–Trinajstić information content (AvgIpc) is 2.40. The van der Waals surface area contributed by atoms with Crippen LogP contribution in [0.5, 0.6) is 0 Å². The molecule has 1 saturated carbocycles. The van der Waals surface area contributed by atoms with Gasteiger partial charge in [-0.05, 0) is 62.4 Å². The second kappa shape index (κ2) is 5.92. The summed E-state index contributed by atoms with van der Waals surface area (Å²) in [5, 5.41) is 5.00. The van der Waals surface area contributed by atoms with Gasteiger partial charge in [0, 0.05) is 17.1 Å². The Labute approximate surface area is 121 Å². The third-order valence-electron chi connectivity index (χ3n) is 4.45. The average molecular weight is 268 g/mol. The Morgan fingerprint density at radius 3 is 2.80 bits per heavy atom. The molecule has 1 heterocycles. The maximum atomic E-state index is 4.60. The van der Waals surface area contributed by atoms with Gasteiger partial charge in [-0.25, -0.2) is 0 Å². The molecule has 106 valence electrons. The Morgan fingerprint density at radius 2 is 2.10 bits per heavy atom. The molecule has 1 aromatic heterocycles. The highest BCUT2D eigenvalue weighted by Crippen LogP contribution is 2.38. The van der Waals surface area contributed by atoms with Crippen molar-refractivity contribution in [3.05, 3.63) is 41.6 Å². The van der Waals surface area contributed by atoms with Gasteiger partial charge < -0.3 is 5.32 Å². The molecular formula is C18H24N2. The minimum atomic E-state index is 0.523. The van der Waals surface area contributed by atoms with Crippen LogP contribution in [0.25, 0.3) is 10.9 Å². The maximum Gasteiger partial charge on any atom is 0.0705 e. The summed E-state index contributed by atoms with van der Waals surface area (Å²) in [7, 11) is 0. The van der Waals surface area contributed by atoms with E-state index in [1.807, 2.05) is 6.92 Å². The number of nitrogens with zero attached hydrogens (tertiary/aromatic N) is 1. The summed E-state index contributed by atoms with van der Waals surface area (Å²) in [4.78, 5) is 4.60. The fourth-order valence-corrected chi connectivity index (χ4v) is 3.07. The van der Waals surface area contributed by atoms with E-state index >= 15 is 0 Å². The number of benzene rings is 1. The van der Waals surface area contributed by atoms with Gasteiger partial charge >= 0.3 is 0 Å². The zero-order valence-corrected chi connectivity index (χ0v) is 12.5. The molecule has 0 radical (unpaired) electrons. The van der Waals surface area contributed by atoms with Crippen LogP contribution in [0.1, 0.15) is 49.9 Å². The van der Waals surface area contributed by atoms with Gasteiger partial charge in [0.1, 0.15) is 0 Å². The Balaban J connectivity index is 1.91. The van der Waals surface area contributed by atoms with Crippen molar-refractivity contribution in [3.63, 3.8) is 0 Å². The molecule has 1 aromatic carbocycles. The molecule has 20 heavy (non-hydrogen) atoms. The number of pyridine rings is 1. The molecule has 2 aromatic rings. The van der Waals surface area contributed by atoms with E-state index < -0.39 is 0 Å². The SMILES string of the molecule is CCCNC(c1ccc2nc(C)ccc2c1)C1CCC1. The largest absolute Gasteiger partial charge is 0.310 e. The zero-order chi connectivity index (χ0) is 13.9. The molecule has 0 spiro atoms. The standard InChI is InChI=1S/C18H24N2/c1-3-11-19-18(14-5-4-6-14)16-9-10-17-15(12-16)8-7-13(2)20-17/h7-10,12,14,18-19H,3-6,11H2,1-2H3. The molecule has 1 atom stereocenters. The van der Waals surface area contributed by atoms with Crippen LogP contribution in [-0.4, -0.2) is 11.5 Å². The highest BCUT2D eigenvalue weighted by molar-refractivity contribution is 5.79. The van der Waals surface area contributed by atoms with E-state index in [4.69, 9.17) is 0 Å². The number of aromatic nitrogens is 1. The number of fused-ring (bicyclic) bond motifs is 1. The lowest BCUT2D eigenvalue weighted by Crippen LogP contribution is -2.32. The summed E-state index contributed by atoms with van der Waals surface area (Å²) in [6, 6.07) is 11.6. The van der Waals surface area contributed by atoms with Crippen molar-refractivity contribution in [2.75, 3.05) is 6.54 Å². The fourth-order valence-electron chi connectivity index (χ4n) is 3.07. The van der Waals surface area contributed by atoms with Crippen LogP contribution < -0.4 is 5.32 Å². The van der Waals surface area contributed by atoms with Crippen LogP contribution in [0.3, 0.4) is 0 Å². The molecule has 1 aliphatic carbocycles. The first-order chi connectivity index (χ1) is 9.78. The molecule has 0 saturated heterocycles. The normalized spacial score (nSPS) is 17.1. The van der Waals surface area contributed by atoms with E-state index in [0.717, 1.165) is 23.7 Å². The number of aryl methyl sites for hydroxylation is 1. The smallest absolute Gasteiger partial charge is 0.0705 e. The molecule has 0 amide bonds. The van der Waals surface area contributed by atoms with Crippen LogP contribution in [0.15, 0.2) is 30.3 Å². The number of rotatable bonds is 5. The Morgan fingerprint density at radius 1 is 1.25 bits per heavy atom. The summed E-state index contributed by atoms with van der Waals surface area (Å²) in [6.45, 7) is 5.39. The lowest BCUT2D eigenvalue weighted by Gasteiger charge is -2.35. The number of nitrogens with one attached hydrogen (secondary N) is 1. The van der Waals surface area contributed by atoms with E-state index in [2.05, 4.69) is 47.6 Å². The van der Waals surface area contributed by atoms with Crippen LogP contribution >= 0.6 is 0 Å². The Bertz CT molecular complexity index is 587. The molecule has 1 unspecified atom stereocenters. The summed E-state index contributed by atoms with van der Waals surface area (Å²) in [5.74, 6) is 0.817. The zero-order valence-electron chi connectivity index (χ0n) is 12.5. The first-order valence-corrected chi connectivity index (χ1v) is 7.88. The minimum Gasteiger partial charge on any atom is -0.310 e. The second-order valence-electron chi connectivity index (χ2n) is 6.03. The van der Waals surface area contributed by atoms with Crippen molar-refractivity contribution < 1.29 is 0 Å². The Kier molecular flexibility index (Phi) is 4.02. The van der Waals surface area contributed by atoms with Crippen molar-refractivity contribution in [2.45, 2.75) is 45.6 Å². The lowest BCUT2D eigenvalue weighted by atomic mass is 9.77. The van der Waals surface area contributed by atoms with Crippen LogP contribution in [0.4, 0.5) is 0 Å². The predicted octanol–water partition coefficient (Wildman–Crippen LogP) is 4.38. The van der Waals surface area contributed by atoms with Gasteiger partial charge in [0.2, 0.25) is 0 Å². The molecule has 1 aliphatic rings. The highest BCUT2D eigenvalue weighted by Gasteiger charge is 2.27. The van der Waals surface area contributed by atoms with Gasteiger partial charge in [0.15, 0.2) is 0 Å². The fraction of sp³-hybridized carbons (Fsp3) is 0.500. The molecular weight excluding hydrogens is 244 g/mol. The summed E-state index contributed by atoms with van der Waals surface area (Å²) in [6.07, 6.45) is 5.32. The highest BCUT2D eigenvalue weighted by atomic mass is 14.9. The van der Waals surface area contributed by atoms with Gasteiger partial charge in [0.05, 0.1) is 5.52 Å². The van der Waals surface area contributed by atoms with Crippen molar-refractivity contribution in [1.82, 2.24) is 10.3 Å². The number of hydrogen-bond acceptors (Lipinski definition) is 2. The van der Waals surface area contributed by atoms with Crippen molar-refractivity contribution >= 4 is 10.9 Å². The summed E-state index contributed by atoms with van der Waals surface area (Å²) < 4.78 is 0. The molecule has 0 aliphatic heterocycles. The third-order valence-corrected chi connectivity index (χ3v) is 4.45. The first kappa shape index (κ1) is 13.6. The molecule has 2 heteroatoms. The molecule has 1 N–H and O–H groups in total. The van der Waals surface area contributed by atoms with Crippen LogP contribution in [0.2, 0.25) is 0 Å². The van der Waals surface area contributed by atoms with Gasteiger partial charge in [-0.1, -0.05) is 25.5 Å². The summed E-state index contributed by atoms with van der Waals surface area (Å²) >= 11 is 0. The van der Waals surface area contributed by atoms with E-state index in [0.29, 0.717) is 6.04 Å². The molecule has 1 fully saturated rings. The van der Waals surface area contributed by atoms with Gasteiger partial charge in [-0.3, -0.25) is 4.98 Å². The third kappa shape index (κ3) is 2.71. The first-order valence-electron chi connectivity index (χ1n) is 7.88. The van der Waals surface area contributed by atoms with E-state index in [-0.39, 0.29) is 0 Å². The number of hydrogen-bond donors (Lipinski definition) is 1. The van der Waals surface area contributed by atoms with Crippen molar-refractivity contribution in [1.29, 1.82) is 0 Å². The van der Waals surface area contributed by atoms with Gasteiger partial charge in [-0.15, -0.1) is 0 Å². The van der Waals surface area contributed by atoms with Gasteiger partial charge in [-0.2, -0.15) is 0 Å². The predicted molar refractivity (Wildman–Crippen MR) is 84.9 cm³/mol. The molecule has 0 bridgehead atoms. The lowest BCUT2D eigenvalue weighted by molar-refractivity contribution is 0.231. The quantitative estimate of drug-likeness (QED) is 0.870. The topological polar surface area (TPSA) is 24.9 Å². The van der Waals surface area contributed by atoms with Crippen LogP contribution in [0, 0.1) is 12.8 Å². The van der Waals surface area contributed by atoms with Crippen LogP contribution in [-0.2, 0) is 0 Å². The second-order valence-corrected chi connectivity index (χ2v) is 6.03. The molecule has 3 rings (SSSR count). The maximum absolute atomic E-state index is 4.60. The van der Waals surface area contributed by atoms with Crippen molar-refractivity contribution in [3.8, 4) is 0 Å². The summed E-state index contributed by atoms with van der Waals surface area (Å²) in [5.41, 5.74) is 3.63. The van der Waals surface area contributed by atoms with E-state index in [9.17, 15) is 0 Å². The monoisotopic (exact) mass is 268 g/mol. The Hall–Kier alpha value is -1.41. The van der Waals surface area contributed by atoms with E-state index in [1.54, 1.807) is 0 Å². The van der Waals surface area contributed by atoms with E-state index in [1.165, 1.54) is 36.6 Å². The van der Waals surface area contributed by atoms with Gasteiger partial charge in [0.25, 0.3) is 0 Å². The molecule has 2 nitrogen and oxygen atoms in total.